The third kappa shape index (κ3) is 3.30. The van der Waals surface area contributed by atoms with Gasteiger partial charge in [0.05, 0.1) is 11.8 Å². The van der Waals surface area contributed by atoms with Gasteiger partial charge in [0, 0.05) is 4.90 Å². The normalized spacial score (nSPS) is 12.6. The molecule has 0 saturated carbocycles. The van der Waals surface area contributed by atoms with Gasteiger partial charge in [0.2, 0.25) is 5.89 Å². The number of thioether (sulfide) groups is 1. The zero-order valence-corrected chi connectivity index (χ0v) is 11.0. The van der Waals surface area contributed by atoms with Crippen LogP contribution in [-0.2, 0) is 5.75 Å². The third-order valence-corrected chi connectivity index (χ3v) is 3.44. The van der Waals surface area contributed by atoms with E-state index >= 15 is 0 Å². The minimum Gasteiger partial charge on any atom is -0.338 e. The van der Waals surface area contributed by atoms with E-state index in [9.17, 15) is 4.39 Å². The van der Waals surface area contributed by atoms with Crippen LogP contribution in [0, 0.1) is 5.82 Å². The monoisotopic (exact) mass is 267 g/mol. The molecule has 2 aromatic rings. The number of benzene rings is 1. The van der Waals surface area contributed by atoms with Gasteiger partial charge in [-0.05, 0) is 32.2 Å². The highest BCUT2D eigenvalue weighted by molar-refractivity contribution is 7.98. The molecule has 6 heteroatoms. The van der Waals surface area contributed by atoms with Crippen LogP contribution in [0.3, 0.4) is 0 Å². The van der Waals surface area contributed by atoms with Crippen molar-refractivity contribution in [1.82, 2.24) is 15.5 Å². The second-order valence-corrected chi connectivity index (χ2v) is 4.85. The fraction of sp³-hybridized carbons (Fsp3) is 0.333. The predicted molar refractivity (Wildman–Crippen MR) is 67.7 cm³/mol. The molecule has 1 unspecified atom stereocenters. The molecule has 0 aliphatic rings. The van der Waals surface area contributed by atoms with Crippen molar-refractivity contribution in [2.75, 3.05) is 7.05 Å². The molecule has 0 bridgehead atoms. The van der Waals surface area contributed by atoms with Gasteiger partial charge in [0.25, 0.3) is 0 Å². The smallest absolute Gasteiger partial charge is 0.243 e. The fourth-order valence-electron chi connectivity index (χ4n) is 1.33. The summed E-state index contributed by atoms with van der Waals surface area (Å²) in [5.41, 5.74) is 0. The molecule has 0 radical (unpaired) electrons. The summed E-state index contributed by atoms with van der Waals surface area (Å²) in [5, 5.41) is 6.91. The molecular weight excluding hydrogens is 253 g/mol. The van der Waals surface area contributed by atoms with Crippen LogP contribution < -0.4 is 5.32 Å². The number of hydrogen-bond acceptors (Lipinski definition) is 5. The van der Waals surface area contributed by atoms with E-state index in [4.69, 9.17) is 4.52 Å². The first-order valence-corrected chi connectivity index (χ1v) is 6.55. The molecular formula is C12H14FN3OS. The van der Waals surface area contributed by atoms with Crippen LogP contribution in [0.25, 0.3) is 0 Å². The van der Waals surface area contributed by atoms with Crippen molar-refractivity contribution in [2.45, 2.75) is 23.6 Å². The summed E-state index contributed by atoms with van der Waals surface area (Å²) in [5.74, 6) is 1.50. The maximum absolute atomic E-state index is 13.0. The number of nitrogens with zero attached hydrogens (tertiary/aromatic N) is 2. The van der Waals surface area contributed by atoms with E-state index in [1.807, 2.05) is 20.0 Å². The first kappa shape index (κ1) is 13.0. The molecule has 0 amide bonds. The summed E-state index contributed by atoms with van der Waals surface area (Å²) in [6.07, 6.45) is 0. The molecule has 96 valence electrons. The largest absolute Gasteiger partial charge is 0.338 e. The zero-order chi connectivity index (χ0) is 13.0. The van der Waals surface area contributed by atoms with Gasteiger partial charge in [-0.1, -0.05) is 11.2 Å². The van der Waals surface area contributed by atoms with E-state index in [0.29, 0.717) is 17.5 Å². The standard InChI is InChI=1S/C12H14FN3OS/c1-8(14-2)12-15-11(16-17-12)7-18-10-5-3-4-9(13)6-10/h3-6,8,14H,7H2,1-2H3. The first-order chi connectivity index (χ1) is 8.69. The van der Waals surface area contributed by atoms with Gasteiger partial charge in [-0.2, -0.15) is 4.98 Å². The molecule has 1 aromatic heterocycles. The van der Waals surface area contributed by atoms with E-state index in [0.717, 1.165) is 4.90 Å². The van der Waals surface area contributed by atoms with E-state index in [1.165, 1.54) is 23.9 Å². The van der Waals surface area contributed by atoms with Crippen molar-refractivity contribution in [3.63, 3.8) is 0 Å². The minimum absolute atomic E-state index is 0.0328. The Morgan fingerprint density at radius 3 is 3.06 bits per heavy atom. The van der Waals surface area contributed by atoms with Crippen molar-refractivity contribution < 1.29 is 8.91 Å². The summed E-state index contributed by atoms with van der Waals surface area (Å²) in [7, 11) is 1.83. The van der Waals surface area contributed by atoms with Crippen molar-refractivity contribution in [3.8, 4) is 0 Å². The Kier molecular flexibility index (Phi) is 4.33. The highest BCUT2D eigenvalue weighted by Crippen LogP contribution is 2.22. The summed E-state index contributed by atoms with van der Waals surface area (Å²) < 4.78 is 18.1. The third-order valence-electron chi connectivity index (χ3n) is 2.45. The Balaban J connectivity index is 1.96. The highest BCUT2D eigenvalue weighted by Gasteiger charge is 2.12. The second-order valence-electron chi connectivity index (χ2n) is 3.81. The molecule has 0 spiro atoms. The van der Waals surface area contributed by atoms with Gasteiger partial charge in [-0.15, -0.1) is 11.8 Å². The van der Waals surface area contributed by atoms with Gasteiger partial charge < -0.3 is 9.84 Å². The van der Waals surface area contributed by atoms with Crippen LogP contribution in [-0.4, -0.2) is 17.2 Å². The van der Waals surface area contributed by atoms with Crippen molar-refractivity contribution in [3.05, 3.63) is 41.8 Å². The molecule has 1 atom stereocenters. The highest BCUT2D eigenvalue weighted by atomic mass is 32.2. The van der Waals surface area contributed by atoms with E-state index in [2.05, 4.69) is 15.5 Å². The van der Waals surface area contributed by atoms with Crippen molar-refractivity contribution in [2.24, 2.45) is 0 Å². The van der Waals surface area contributed by atoms with Crippen LogP contribution >= 0.6 is 11.8 Å². The Hall–Kier alpha value is -1.40. The SMILES string of the molecule is CNC(C)c1nc(CSc2cccc(F)c2)no1. The molecule has 2 rings (SSSR count). The van der Waals surface area contributed by atoms with Gasteiger partial charge in [-0.3, -0.25) is 0 Å². The van der Waals surface area contributed by atoms with E-state index in [-0.39, 0.29) is 11.9 Å². The van der Waals surface area contributed by atoms with Crippen molar-refractivity contribution >= 4 is 11.8 Å². The molecule has 4 nitrogen and oxygen atoms in total. The zero-order valence-electron chi connectivity index (χ0n) is 10.2. The number of rotatable bonds is 5. The lowest BCUT2D eigenvalue weighted by molar-refractivity contribution is 0.344. The van der Waals surface area contributed by atoms with Gasteiger partial charge >= 0.3 is 0 Å². The summed E-state index contributed by atoms with van der Waals surface area (Å²) >= 11 is 1.47. The predicted octanol–water partition coefficient (Wildman–Crippen LogP) is 2.78. The second kappa shape index (κ2) is 5.97. The molecule has 0 fully saturated rings. The average molecular weight is 267 g/mol. The maximum Gasteiger partial charge on any atom is 0.243 e. The Morgan fingerprint density at radius 2 is 2.33 bits per heavy atom. The van der Waals surface area contributed by atoms with Gasteiger partial charge in [0.15, 0.2) is 5.82 Å². The number of hydrogen-bond donors (Lipinski definition) is 1. The Bertz CT molecular complexity index is 518. The lowest BCUT2D eigenvalue weighted by atomic mass is 10.3. The molecule has 0 aliphatic carbocycles. The lowest BCUT2D eigenvalue weighted by Gasteiger charge is -2.01. The first-order valence-electron chi connectivity index (χ1n) is 5.57. The van der Waals surface area contributed by atoms with E-state index < -0.39 is 0 Å². The molecule has 1 heterocycles. The van der Waals surface area contributed by atoms with Crippen LogP contribution in [0.1, 0.15) is 24.7 Å². The summed E-state index contributed by atoms with van der Waals surface area (Å²) in [6, 6.07) is 6.48. The lowest BCUT2D eigenvalue weighted by Crippen LogP contribution is -2.12. The Labute approximate surface area is 109 Å². The fourth-order valence-corrected chi connectivity index (χ4v) is 2.11. The molecule has 1 N–H and O–H groups in total. The minimum atomic E-state index is -0.238. The topological polar surface area (TPSA) is 51.0 Å². The van der Waals surface area contributed by atoms with Crippen molar-refractivity contribution in [1.29, 1.82) is 0 Å². The van der Waals surface area contributed by atoms with Crippen LogP contribution in [0.2, 0.25) is 0 Å². The number of halogens is 1. The van der Waals surface area contributed by atoms with Crippen LogP contribution in [0.15, 0.2) is 33.7 Å². The quantitative estimate of drug-likeness (QED) is 0.844. The van der Waals surface area contributed by atoms with Crippen LogP contribution in [0.5, 0.6) is 0 Å². The van der Waals surface area contributed by atoms with Gasteiger partial charge in [0.1, 0.15) is 5.82 Å². The summed E-state index contributed by atoms with van der Waals surface area (Å²) in [6.45, 7) is 1.94. The van der Waals surface area contributed by atoms with Gasteiger partial charge in [-0.25, -0.2) is 4.39 Å². The summed E-state index contributed by atoms with van der Waals surface area (Å²) in [4.78, 5) is 5.11. The van der Waals surface area contributed by atoms with E-state index in [1.54, 1.807) is 6.07 Å². The number of aromatic nitrogens is 2. The maximum atomic E-state index is 13.0. The molecule has 0 aliphatic heterocycles. The van der Waals surface area contributed by atoms with Crippen LogP contribution in [0.4, 0.5) is 4.39 Å². The average Bonchev–Trinajstić information content (AvgIpc) is 2.84. The molecule has 18 heavy (non-hydrogen) atoms. The molecule has 1 aromatic carbocycles. The Morgan fingerprint density at radius 1 is 1.50 bits per heavy atom. The molecule has 0 saturated heterocycles. The number of nitrogens with one attached hydrogen (secondary N) is 1.